The lowest BCUT2D eigenvalue weighted by atomic mass is 10.1. The number of amides is 1. The van der Waals surface area contributed by atoms with E-state index in [4.69, 9.17) is 4.74 Å². The van der Waals surface area contributed by atoms with Crippen LogP contribution in [-0.4, -0.2) is 30.6 Å². The molecule has 2 aromatic rings. The number of ether oxygens (including phenoxy) is 1. The highest BCUT2D eigenvalue weighted by atomic mass is 32.1. The molecule has 1 aromatic heterocycles. The number of thiazole rings is 1. The molecule has 0 aliphatic carbocycles. The van der Waals surface area contributed by atoms with Gasteiger partial charge in [-0.3, -0.25) is 4.79 Å². The Morgan fingerprint density at radius 2 is 2.09 bits per heavy atom. The molecule has 1 amide bonds. The summed E-state index contributed by atoms with van der Waals surface area (Å²) in [5, 5.41) is 9.03. The second-order valence-corrected chi connectivity index (χ2v) is 5.88. The molecule has 22 heavy (non-hydrogen) atoms. The predicted molar refractivity (Wildman–Crippen MR) is 91.4 cm³/mol. The molecule has 1 atom stereocenters. The van der Waals surface area contributed by atoms with Crippen molar-refractivity contribution in [2.24, 2.45) is 0 Å². The topological polar surface area (TPSA) is 63.2 Å². The number of carbonyl (C=O) groups is 1. The summed E-state index contributed by atoms with van der Waals surface area (Å²) < 4.78 is 5.10. The number of benzene rings is 1. The highest BCUT2D eigenvalue weighted by Crippen LogP contribution is 2.26. The van der Waals surface area contributed by atoms with E-state index in [1.165, 1.54) is 0 Å². The van der Waals surface area contributed by atoms with Gasteiger partial charge in [-0.1, -0.05) is 19.1 Å². The molecule has 118 valence electrons. The Balaban J connectivity index is 2.03. The SMILES string of the molecule is CCC(=O)Nc1ccc(-c2csc(N[C@H](C)COC)n2)cc1. The first-order chi connectivity index (χ1) is 10.6. The Morgan fingerprint density at radius 3 is 2.73 bits per heavy atom. The summed E-state index contributed by atoms with van der Waals surface area (Å²) in [5.41, 5.74) is 2.75. The number of hydrogen-bond donors (Lipinski definition) is 2. The monoisotopic (exact) mass is 319 g/mol. The van der Waals surface area contributed by atoms with Crippen LogP contribution in [-0.2, 0) is 9.53 Å². The van der Waals surface area contributed by atoms with Gasteiger partial charge in [-0.05, 0) is 19.1 Å². The molecule has 1 aromatic carbocycles. The first kappa shape index (κ1) is 16.5. The first-order valence-electron chi connectivity index (χ1n) is 7.23. The smallest absolute Gasteiger partial charge is 0.224 e. The van der Waals surface area contributed by atoms with Crippen LogP contribution in [0.4, 0.5) is 10.8 Å². The molecule has 0 radical (unpaired) electrons. The highest BCUT2D eigenvalue weighted by molar-refractivity contribution is 7.14. The van der Waals surface area contributed by atoms with Crippen molar-refractivity contribution in [3.63, 3.8) is 0 Å². The summed E-state index contributed by atoms with van der Waals surface area (Å²) in [4.78, 5) is 15.9. The Kier molecular flexibility index (Phi) is 5.91. The van der Waals surface area contributed by atoms with Crippen molar-refractivity contribution in [1.82, 2.24) is 4.98 Å². The van der Waals surface area contributed by atoms with Gasteiger partial charge in [0.15, 0.2) is 5.13 Å². The van der Waals surface area contributed by atoms with E-state index < -0.39 is 0 Å². The van der Waals surface area contributed by atoms with Crippen LogP contribution in [0.5, 0.6) is 0 Å². The van der Waals surface area contributed by atoms with Crippen molar-refractivity contribution in [1.29, 1.82) is 0 Å². The molecule has 0 unspecified atom stereocenters. The molecule has 0 aliphatic rings. The molecule has 2 N–H and O–H groups in total. The van der Waals surface area contributed by atoms with Crippen LogP contribution >= 0.6 is 11.3 Å². The van der Waals surface area contributed by atoms with Gasteiger partial charge in [0.2, 0.25) is 5.91 Å². The van der Waals surface area contributed by atoms with E-state index in [0.717, 1.165) is 22.1 Å². The lowest BCUT2D eigenvalue weighted by Crippen LogP contribution is -2.20. The lowest BCUT2D eigenvalue weighted by molar-refractivity contribution is -0.115. The Bertz CT molecular complexity index is 610. The predicted octanol–water partition coefficient (Wildman–Crippen LogP) is 3.61. The average Bonchev–Trinajstić information content (AvgIpc) is 2.96. The summed E-state index contributed by atoms with van der Waals surface area (Å²) in [5.74, 6) is 0.0139. The zero-order valence-corrected chi connectivity index (χ0v) is 13.9. The quantitative estimate of drug-likeness (QED) is 0.818. The molecule has 5 nitrogen and oxygen atoms in total. The van der Waals surface area contributed by atoms with Gasteiger partial charge in [0.25, 0.3) is 0 Å². The number of methoxy groups -OCH3 is 1. The average molecular weight is 319 g/mol. The fraction of sp³-hybridized carbons (Fsp3) is 0.375. The van der Waals surface area contributed by atoms with Crippen molar-refractivity contribution in [2.45, 2.75) is 26.3 Å². The molecule has 2 rings (SSSR count). The zero-order valence-electron chi connectivity index (χ0n) is 13.1. The number of nitrogens with zero attached hydrogens (tertiary/aromatic N) is 1. The molecule has 6 heteroatoms. The molecule has 0 saturated carbocycles. The van der Waals surface area contributed by atoms with Crippen molar-refractivity contribution >= 4 is 28.1 Å². The van der Waals surface area contributed by atoms with Crippen molar-refractivity contribution in [3.8, 4) is 11.3 Å². The first-order valence-corrected chi connectivity index (χ1v) is 8.11. The van der Waals surface area contributed by atoms with Crippen LogP contribution in [0.15, 0.2) is 29.6 Å². The summed E-state index contributed by atoms with van der Waals surface area (Å²) in [6, 6.07) is 7.92. The second-order valence-electron chi connectivity index (χ2n) is 5.02. The van der Waals surface area contributed by atoms with E-state index >= 15 is 0 Å². The van der Waals surface area contributed by atoms with Crippen molar-refractivity contribution in [3.05, 3.63) is 29.6 Å². The summed E-state index contributed by atoms with van der Waals surface area (Å²) in [7, 11) is 1.68. The molecule has 0 fully saturated rings. The maximum atomic E-state index is 11.4. The third kappa shape index (κ3) is 4.54. The maximum Gasteiger partial charge on any atom is 0.224 e. The molecule has 0 spiro atoms. The highest BCUT2D eigenvalue weighted by Gasteiger charge is 2.08. The number of rotatable bonds is 7. The number of anilines is 2. The van der Waals surface area contributed by atoms with Crippen molar-refractivity contribution in [2.75, 3.05) is 24.4 Å². The fourth-order valence-corrected chi connectivity index (χ4v) is 2.78. The normalized spacial score (nSPS) is 12.0. The minimum atomic E-state index is 0.0139. The van der Waals surface area contributed by atoms with Gasteiger partial charge in [-0.15, -0.1) is 11.3 Å². The summed E-state index contributed by atoms with van der Waals surface area (Å²) >= 11 is 1.57. The van der Waals surface area contributed by atoms with Gasteiger partial charge in [0.1, 0.15) is 0 Å². The second kappa shape index (κ2) is 7.91. The molecule has 0 saturated heterocycles. The number of carbonyl (C=O) groups excluding carboxylic acids is 1. The Labute approximate surface area is 134 Å². The number of aromatic nitrogens is 1. The van der Waals surface area contributed by atoms with E-state index in [0.29, 0.717) is 13.0 Å². The van der Waals surface area contributed by atoms with Crippen LogP contribution in [0.25, 0.3) is 11.3 Å². The van der Waals surface area contributed by atoms with E-state index in [-0.39, 0.29) is 11.9 Å². The summed E-state index contributed by atoms with van der Waals surface area (Å²) in [6.07, 6.45) is 0.475. The van der Waals surface area contributed by atoms with Crippen LogP contribution in [0, 0.1) is 0 Å². The van der Waals surface area contributed by atoms with Crippen molar-refractivity contribution < 1.29 is 9.53 Å². The van der Waals surface area contributed by atoms with E-state index in [9.17, 15) is 4.79 Å². The zero-order chi connectivity index (χ0) is 15.9. The molecular formula is C16H21N3O2S. The van der Waals surface area contributed by atoms with Crippen LogP contribution < -0.4 is 10.6 Å². The van der Waals surface area contributed by atoms with Crippen LogP contribution in [0.3, 0.4) is 0 Å². The largest absolute Gasteiger partial charge is 0.383 e. The van der Waals surface area contributed by atoms with E-state index in [1.54, 1.807) is 18.4 Å². The fourth-order valence-electron chi connectivity index (χ4n) is 1.95. The molecule has 1 heterocycles. The van der Waals surface area contributed by atoms with E-state index in [1.807, 2.05) is 36.6 Å². The van der Waals surface area contributed by atoms with Gasteiger partial charge < -0.3 is 15.4 Å². The van der Waals surface area contributed by atoms with E-state index in [2.05, 4.69) is 22.5 Å². The molecular weight excluding hydrogens is 298 g/mol. The Hall–Kier alpha value is -1.92. The molecule has 0 bridgehead atoms. The van der Waals surface area contributed by atoms with Gasteiger partial charge in [0, 0.05) is 36.2 Å². The third-order valence-electron chi connectivity index (χ3n) is 3.08. The van der Waals surface area contributed by atoms with Crippen LogP contribution in [0.1, 0.15) is 20.3 Å². The van der Waals surface area contributed by atoms with Gasteiger partial charge in [0.05, 0.1) is 12.3 Å². The minimum absolute atomic E-state index is 0.0139. The lowest BCUT2D eigenvalue weighted by Gasteiger charge is -2.10. The molecule has 0 aliphatic heterocycles. The van der Waals surface area contributed by atoms with Gasteiger partial charge >= 0.3 is 0 Å². The Morgan fingerprint density at radius 1 is 1.36 bits per heavy atom. The number of hydrogen-bond acceptors (Lipinski definition) is 5. The maximum absolute atomic E-state index is 11.4. The van der Waals surface area contributed by atoms with Gasteiger partial charge in [-0.25, -0.2) is 4.98 Å². The van der Waals surface area contributed by atoms with Crippen LogP contribution in [0.2, 0.25) is 0 Å². The number of nitrogens with one attached hydrogen (secondary N) is 2. The van der Waals surface area contributed by atoms with Gasteiger partial charge in [-0.2, -0.15) is 0 Å². The standard InChI is InChI=1S/C16H21N3O2S/c1-4-15(20)18-13-7-5-12(6-8-13)14-10-22-16(19-14)17-11(2)9-21-3/h5-8,10-11H,4,9H2,1-3H3,(H,17,19)(H,18,20)/t11-/m1/s1. The summed E-state index contributed by atoms with van der Waals surface area (Å²) in [6.45, 7) is 4.52. The third-order valence-corrected chi connectivity index (χ3v) is 3.85. The minimum Gasteiger partial charge on any atom is -0.383 e.